The third-order valence-electron chi connectivity index (χ3n) is 7.22. The molecule has 0 saturated heterocycles. The Hall–Kier alpha value is -5.27. The summed E-state index contributed by atoms with van der Waals surface area (Å²) in [6, 6.07) is 9.18. The summed E-state index contributed by atoms with van der Waals surface area (Å²) in [5, 5.41) is 20.7. The van der Waals surface area contributed by atoms with Crippen LogP contribution in [-0.2, 0) is 29.7 Å². The van der Waals surface area contributed by atoms with Gasteiger partial charge in [0.1, 0.15) is 23.8 Å². The van der Waals surface area contributed by atoms with Gasteiger partial charge in [0.25, 0.3) is 5.56 Å². The van der Waals surface area contributed by atoms with Gasteiger partial charge in [-0.25, -0.2) is 18.4 Å². The fourth-order valence-electron chi connectivity index (χ4n) is 5.05. The molecular formula is C33H30F2N6O4S. The Bertz CT molecular complexity index is 2060. The van der Waals surface area contributed by atoms with Crippen LogP contribution in [0.3, 0.4) is 0 Å². The maximum Gasteiger partial charge on any atom is 0.274 e. The first-order valence-electron chi connectivity index (χ1n) is 14.1. The summed E-state index contributed by atoms with van der Waals surface area (Å²) >= 11 is 1.40. The van der Waals surface area contributed by atoms with E-state index in [0.29, 0.717) is 65.2 Å². The minimum atomic E-state index is -0.776. The molecule has 46 heavy (non-hydrogen) atoms. The Morgan fingerprint density at radius 2 is 2.00 bits per heavy atom. The van der Waals surface area contributed by atoms with Gasteiger partial charge in [0.05, 0.1) is 55.3 Å². The molecule has 10 nitrogen and oxygen atoms in total. The lowest BCUT2D eigenvalue weighted by atomic mass is 10.0. The summed E-state index contributed by atoms with van der Waals surface area (Å²) in [6.07, 6.45) is 6.34. The maximum absolute atomic E-state index is 14.7. The molecule has 0 radical (unpaired) electrons. The van der Waals surface area contributed by atoms with Gasteiger partial charge in [0.2, 0.25) is 5.91 Å². The van der Waals surface area contributed by atoms with Gasteiger partial charge in [-0.05, 0) is 35.7 Å². The van der Waals surface area contributed by atoms with Crippen LogP contribution >= 0.6 is 11.3 Å². The molecule has 0 unspecified atom stereocenters. The SMILES string of the molecule is C=CC(=O)N1CCn2nc(-c3nc(-c4ccc5cnn(C)c(=O)c5c4)c4ccsc4c3C=C(F)/C=C/F)cc2C1.C=COCCO. The number of ether oxygens (including phenoxy) is 1. The van der Waals surface area contributed by atoms with Crippen LogP contribution in [0.25, 0.3) is 49.6 Å². The molecule has 1 N–H and O–H groups in total. The van der Waals surface area contributed by atoms with E-state index in [2.05, 4.69) is 23.0 Å². The van der Waals surface area contributed by atoms with Crippen LogP contribution in [0.5, 0.6) is 0 Å². The summed E-state index contributed by atoms with van der Waals surface area (Å²) < 4.78 is 35.8. The molecule has 1 aliphatic heterocycles. The van der Waals surface area contributed by atoms with Crippen molar-refractivity contribution in [2.45, 2.75) is 13.1 Å². The highest BCUT2D eigenvalue weighted by atomic mass is 32.1. The van der Waals surface area contributed by atoms with Crippen molar-refractivity contribution in [3.63, 3.8) is 0 Å². The van der Waals surface area contributed by atoms with Gasteiger partial charge in [-0.3, -0.25) is 14.3 Å². The average Bonchev–Trinajstić information content (AvgIpc) is 3.73. The molecule has 0 fully saturated rings. The minimum absolute atomic E-state index is 0.0615. The number of benzene rings is 1. The van der Waals surface area contributed by atoms with Crippen LogP contribution < -0.4 is 5.56 Å². The smallest absolute Gasteiger partial charge is 0.274 e. The van der Waals surface area contributed by atoms with Gasteiger partial charge in [-0.15, -0.1) is 11.3 Å². The van der Waals surface area contributed by atoms with Crippen LogP contribution in [0.15, 0.2) is 90.4 Å². The summed E-state index contributed by atoms with van der Waals surface area (Å²) in [6.45, 7) is 8.55. The third-order valence-corrected chi connectivity index (χ3v) is 8.17. The number of fused-ring (bicyclic) bond motifs is 3. The van der Waals surface area contributed by atoms with Crippen LogP contribution in [0.2, 0.25) is 0 Å². The number of allylic oxidation sites excluding steroid dienone is 2. The Balaban J connectivity index is 0.000000635. The number of aliphatic hydroxyl groups excluding tert-OH is 1. The lowest BCUT2D eigenvalue weighted by Crippen LogP contribution is -2.37. The average molecular weight is 645 g/mol. The third kappa shape index (κ3) is 6.55. The molecule has 1 aliphatic rings. The lowest BCUT2D eigenvalue weighted by molar-refractivity contribution is -0.127. The van der Waals surface area contributed by atoms with E-state index in [-0.39, 0.29) is 24.4 Å². The van der Waals surface area contributed by atoms with Gasteiger partial charge < -0.3 is 14.7 Å². The largest absolute Gasteiger partial charge is 0.499 e. The second kappa shape index (κ2) is 14.2. The molecule has 13 heteroatoms. The molecule has 5 heterocycles. The van der Waals surface area contributed by atoms with Crippen LogP contribution in [-0.4, -0.2) is 60.2 Å². The molecule has 0 atom stereocenters. The number of hydrogen-bond donors (Lipinski definition) is 1. The summed E-state index contributed by atoms with van der Waals surface area (Å²) in [4.78, 5) is 31.7. The van der Waals surface area contributed by atoms with Crippen molar-refractivity contribution in [2.75, 3.05) is 19.8 Å². The number of aliphatic hydroxyl groups is 1. The van der Waals surface area contributed by atoms with Gasteiger partial charge >= 0.3 is 0 Å². The van der Waals surface area contributed by atoms with E-state index in [1.54, 1.807) is 28.9 Å². The second-order valence-corrected chi connectivity index (χ2v) is 11.0. The van der Waals surface area contributed by atoms with Crippen molar-refractivity contribution >= 4 is 44.2 Å². The topological polar surface area (TPSA) is 115 Å². The van der Waals surface area contributed by atoms with Gasteiger partial charge in [0, 0.05) is 46.3 Å². The Morgan fingerprint density at radius 3 is 2.72 bits per heavy atom. The van der Waals surface area contributed by atoms with E-state index in [1.807, 2.05) is 29.6 Å². The highest BCUT2D eigenvalue weighted by molar-refractivity contribution is 7.17. The molecule has 236 valence electrons. The molecule has 0 aliphatic carbocycles. The van der Waals surface area contributed by atoms with Crippen molar-refractivity contribution in [1.29, 1.82) is 0 Å². The zero-order valence-corrected chi connectivity index (χ0v) is 25.7. The van der Waals surface area contributed by atoms with Crippen LogP contribution in [0, 0.1) is 0 Å². The minimum Gasteiger partial charge on any atom is -0.499 e. The van der Waals surface area contributed by atoms with E-state index >= 15 is 0 Å². The van der Waals surface area contributed by atoms with E-state index in [4.69, 9.17) is 15.2 Å². The second-order valence-electron chi connectivity index (χ2n) is 10.1. The fourth-order valence-corrected chi connectivity index (χ4v) is 5.97. The van der Waals surface area contributed by atoms with Gasteiger partial charge in [0.15, 0.2) is 0 Å². The molecule has 1 amide bonds. The Morgan fingerprint density at radius 1 is 1.17 bits per heavy atom. The number of nitrogens with zero attached hydrogens (tertiary/aromatic N) is 6. The lowest BCUT2D eigenvalue weighted by Gasteiger charge is -2.26. The fraction of sp³-hybridized carbons (Fsp3) is 0.182. The number of hydrogen-bond acceptors (Lipinski definition) is 8. The normalized spacial score (nSPS) is 13.0. The van der Waals surface area contributed by atoms with Gasteiger partial charge in [-0.1, -0.05) is 25.3 Å². The number of halogens is 2. The van der Waals surface area contributed by atoms with Crippen molar-refractivity contribution in [2.24, 2.45) is 7.05 Å². The van der Waals surface area contributed by atoms with Crippen molar-refractivity contribution in [3.05, 3.63) is 107 Å². The number of amides is 1. The van der Waals surface area contributed by atoms with E-state index in [0.717, 1.165) is 21.9 Å². The quantitative estimate of drug-likeness (QED) is 0.102. The standard InChI is InChI=1S/C29H22F2N6O2S.C4H8O2/c1-3-25(38)36-9-10-37-20(16-36)14-24(34-37)27-23(13-19(31)6-8-30)28-21(7-11-40-28)26(33-27)17-4-5-18-15-32-35(2)29(39)22(18)12-17;1-2-6-4-3-5/h3-8,11-15H,1,9-10,16H2,2H3;2,5H,1,3-4H2/b8-6+,19-13?;. The molecule has 0 saturated carbocycles. The number of aryl methyl sites for hydroxylation is 1. The van der Waals surface area contributed by atoms with Gasteiger partial charge in [-0.2, -0.15) is 10.2 Å². The molecule has 4 aromatic heterocycles. The zero-order valence-electron chi connectivity index (χ0n) is 24.9. The number of thiophene rings is 1. The molecule has 0 spiro atoms. The van der Waals surface area contributed by atoms with Crippen molar-refractivity contribution in [3.8, 4) is 22.6 Å². The first-order chi connectivity index (χ1) is 22.3. The molecule has 5 aromatic rings. The summed E-state index contributed by atoms with van der Waals surface area (Å²) in [5.41, 5.74) is 3.21. The molecular weight excluding hydrogens is 614 g/mol. The van der Waals surface area contributed by atoms with Crippen molar-refractivity contribution in [1.82, 2.24) is 29.4 Å². The summed E-state index contributed by atoms with van der Waals surface area (Å²) in [5.74, 6) is -0.947. The molecule has 6 rings (SSSR count). The molecule has 1 aromatic carbocycles. The van der Waals surface area contributed by atoms with E-state index in [1.165, 1.54) is 34.4 Å². The highest BCUT2D eigenvalue weighted by Gasteiger charge is 2.24. The first kappa shape index (κ1) is 32.1. The monoisotopic (exact) mass is 644 g/mol. The number of pyridine rings is 1. The predicted molar refractivity (Wildman–Crippen MR) is 175 cm³/mol. The van der Waals surface area contributed by atoms with Crippen molar-refractivity contribution < 1.29 is 23.4 Å². The Labute approximate surface area is 266 Å². The molecule has 0 bridgehead atoms. The number of aromatic nitrogens is 5. The number of carbonyl (C=O) groups is 1. The summed E-state index contributed by atoms with van der Waals surface area (Å²) in [7, 11) is 1.59. The first-order valence-corrected chi connectivity index (χ1v) is 15.0. The predicted octanol–water partition coefficient (Wildman–Crippen LogP) is 5.53. The highest BCUT2D eigenvalue weighted by Crippen LogP contribution is 2.39. The van der Waals surface area contributed by atoms with E-state index < -0.39 is 5.83 Å². The van der Waals surface area contributed by atoms with E-state index in [9.17, 15) is 18.4 Å². The number of carbonyl (C=O) groups excluding carboxylic acids is 1. The van der Waals surface area contributed by atoms with Crippen LogP contribution in [0.1, 0.15) is 11.3 Å². The zero-order chi connectivity index (χ0) is 32.8. The van der Waals surface area contributed by atoms with Crippen LogP contribution in [0.4, 0.5) is 8.78 Å². The number of rotatable bonds is 8. The Kier molecular flexibility index (Phi) is 9.94. The maximum atomic E-state index is 14.7.